The monoisotopic (exact) mass is 388 g/mol. The number of guanidine groups is 1. The minimum Gasteiger partial charge on any atom is -0.493 e. The van der Waals surface area contributed by atoms with Crippen LogP contribution in [-0.2, 0) is 13.1 Å². The number of ether oxygens (including phenoxy) is 1. The number of rotatable bonds is 8. The van der Waals surface area contributed by atoms with E-state index >= 15 is 0 Å². The number of para-hydroxylation sites is 1. The van der Waals surface area contributed by atoms with Crippen LogP contribution in [0.2, 0.25) is 0 Å². The van der Waals surface area contributed by atoms with Gasteiger partial charge < -0.3 is 15.4 Å². The van der Waals surface area contributed by atoms with Crippen molar-refractivity contribution in [1.82, 2.24) is 15.6 Å². The summed E-state index contributed by atoms with van der Waals surface area (Å²) >= 11 is 0. The van der Waals surface area contributed by atoms with Crippen LogP contribution in [0.15, 0.2) is 65.8 Å². The second-order valence-electron chi connectivity index (χ2n) is 7.39. The number of hydrogen-bond donors (Lipinski definition) is 2. The molecule has 1 aliphatic carbocycles. The SMILES string of the molecule is CCNC(=NCc1ccccc1OCC1CC1)NCc1nccc2ccccc12. The molecule has 0 bridgehead atoms. The number of nitrogens with one attached hydrogen (secondary N) is 2. The fraction of sp³-hybridized carbons (Fsp3) is 0.333. The predicted molar refractivity (Wildman–Crippen MR) is 118 cm³/mol. The zero-order valence-electron chi connectivity index (χ0n) is 16.9. The molecule has 1 fully saturated rings. The zero-order chi connectivity index (χ0) is 19.9. The van der Waals surface area contributed by atoms with Crippen LogP contribution in [0.4, 0.5) is 0 Å². The molecule has 1 aromatic heterocycles. The Hall–Kier alpha value is -3.08. The van der Waals surface area contributed by atoms with Crippen molar-refractivity contribution in [3.8, 4) is 5.75 Å². The predicted octanol–water partition coefficient (Wildman–Crippen LogP) is 4.28. The highest BCUT2D eigenvalue weighted by atomic mass is 16.5. The summed E-state index contributed by atoms with van der Waals surface area (Å²) in [6.07, 6.45) is 4.44. The van der Waals surface area contributed by atoms with Gasteiger partial charge in [0.05, 0.1) is 25.4 Å². The Morgan fingerprint density at radius 1 is 1.07 bits per heavy atom. The van der Waals surface area contributed by atoms with Crippen LogP contribution in [0.5, 0.6) is 5.75 Å². The van der Waals surface area contributed by atoms with E-state index in [0.717, 1.165) is 47.4 Å². The summed E-state index contributed by atoms with van der Waals surface area (Å²) in [6, 6.07) is 18.5. The van der Waals surface area contributed by atoms with Crippen LogP contribution in [-0.4, -0.2) is 24.1 Å². The molecule has 2 N–H and O–H groups in total. The van der Waals surface area contributed by atoms with Gasteiger partial charge >= 0.3 is 0 Å². The second kappa shape index (κ2) is 9.41. The molecule has 0 amide bonds. The van der Waals surface area contributed by atoms with Gasteiger partial charge in [0, 0.05) is 23.7 Å². The molecule has 5 nitrogen and oxygen atoms in total. The highest BCUT2D eigenvalue weighted by Crippen LogP contribution is 2.30. The topological polar surface area (TPSA) is 58.5 Å². The van der Waals surface area contributed by atoms with Gasteiger partial charge in [-0.1, -0.05) is 42.5 Å². The lowest BCUT2D eigenvalue weighted by atomic mass is 10.1. The Morgan fingerprint density at radius 2 is 1.90 bits per heavy atom. The van der Waals surface area contributed by atoms with Crippen LogP contribution in [0.25, 0.3) is 10.8 Å². The van der Waals surface area contributed by atoms with Crippen LogP contribution >= 0.6 is 0 Å². The Morgan fingerprint density at radius 3 is 2.76 bits per heavy atom. The van der Waals surface area contributed by atoms with Crippen molar-refractivity contribution < 1.29 is 4.74 Å². The first-order chi connectivity index (χ1) is 14.3. The summed E-state index contributed by atoms with van der Waals surface area (Å²) in [4.78, 5) is 9.32. The summed E-state index contributed by atoms with van der Waals surface area (Å²) in [6.45, 7) is 4.87. The standard InChI is InChI=1S/C24H28N4O/c1-2-25-24(28-16-22-21-9-5-3-7-19(21)13-14-26-22)27-15-20-8-4-6-10-23(20)29-17-18-11-12-18/h3-10,13-14,18H,2,11-12,15-17H2,1H3,(H2,25,27,28). The van der Waals surface area contributed by atoms with E-state index in [1.54, 1.807) is 0 Å². The van der Waals surface area contributed by atoms with Gasteiger partial charge in [0.2, 0.25) is 0 Å². The third-order valence-electron chi connectivity index (χ3n) is 5.08. The van der Waals surface area contributed by atoms with Crippen molar-refractivity contribution in [3.63, 3.8) is 0 Å². The third-order valence-corrected chi connectivity index (χ3v) is 5.08. The second-order valence-corrected chi connectivity index (χ2v) is 7.39. The van der Waals surface area contributed by atoms with Crippen molar-refractivity contribution in [1.29, 1.82) is 0 Å². The Balaban J connectivity index is 1.44. The molecule has 2 aromatic carbocycles. The lowest BCUT2D eigenvalue weighted by Gasteiger charge is -2.13. The van der Waals surface area contributed by atoms with Crippen molar-refractivity contribution in [2.75, 3.05) is 13.2 Å². The Bertz CT molecular complexity index is 976. The molecule has 5 heteroatoms. The maximum atomic E-state index is 6.01. The summed E-state index contributed by atoms with van der Waals surface area (Å²) in [5.41, 5.74) is 2.12. The summed E-state index contributed by atoms with van der Waals surface area (Å²) in [5.74, 6) is 2.45. The highest BCUT2D eigenvalue weighted by Gasteiger charge is 2.22. The first kappa shape index (κ1) is 19.2. The van der Waals surface area contributed by atoms with Gasteiger partial charge in [-0.2, -0.15) is 0 Å². The molecule has 0 spiro atoms. The lowest BCUT2D eigenvalue weighted by molar-refractivity contribution is 0.297. The van der Waals surface area contributed by atoms with Crippen LogP contribution < -0.4 is 15.4 Å². The van der Waals surface area contributed by atoms with Gasteiger partial charge in [0.25, 0.3) is 0 Å². The van der Waals surface area contributed by atoms with Crippen molar-refractivity contribution >= 4 is 16.7 Å². The largest absolute Gasteiger partial charge is 0.493 e. The van der Waals surface area contributed by atoms with Crippen molar-refractivity contribution in [2.45, 2.75) is 32.9 Å². The first-order valence-corrected chi connectivity index (χ1v) is 10.4. The number of nitrogens with zero attached hydrogens (tertiary/aromatic N) is 2. The zero-order valence-corrected chi connectivity index (χ0v) is 16.9. The molecule has 3 aromatic rings. The van der Waals surface area contributed by atoms with Crippen molar-refractivity contribution in [2.24, 2.45) is 10.9 Å². The van der Waals surface area contributed by atoms with Gasteiger partial charge in [0.15, 0.2) is 5.96 Å². The fourth-order valence-electron chi connectivity index (χ4n) is 3.26. The lowest BCUT2D eigenvalue weighted by Crippen LogP contribution is -2.37. The molecular formula is C24H28N4O. The molecule has 0 atom stereocenters. The first-order valence-electron chi connectivity index (χ1n) is 10.4. The number of fused-ring (bicyclic) bond motifs is 1. The van der Waals surface area contributed by atoms with Crippen LogP contribution in [0, 0.1) is 5.92 Å². The van der Waals surface area contributed by atoms with E-state index in [9.17, 15) is 0 Å². The Kier molecular flexibility index (Phi) is 6.25. The summed E-state index contributed by atoms with van der Waals surface area (Å²) in [5, 5.41) is 9.10. The minimum absolute atomic E-state index is 0.569. The van der Waals surface area contributed by atoms with E-state index in [1.807, 2.05) is 42.6 Å². The van der Waals surface area contributed by atoms with E-state index < -0.39 is 0 Å². The number of aromatic nitrogens is 1. The molecule has 4 rings (SSSR count). The molecule has 0 unspecified atom stereocenters. The van der Waals surface area contributed by atoms with E-state index in [2.05, 4.69) is 40.7 Å². The number of aliphatic imine (C=N–C) groups is 1. The molecule has 0 saturated heterocycles. The van der Waals surface area contributed by atoms with Gasteiger partial charge in [-0.3, -0.25) is 4.98 Å². The average Bonchev–Trinajstić information content (AvgIpc) is 3.59. The molecule has 1 heterocycles. The third kappa shape index (κ3) is 5.25. The van der Waals surface area contributed by atoms with E-state index in [1.165, 1.54) is 18.2 Å². The molecule has 0 radical (unpaired) electrons. The van der Waals surface area contributed by atoms with Gasteiger partial charge in [-0.25, -0.2) is 4.99 Å². The quantitative estimate of drug-likeness (QED) is 0.447. The van der Waals surface area contributed by atoms with Crippen LogP contribution in [0.3, 0.4) is 0 Å². The van der Waals surface area contributed by atoms with E-state index in [-0.39, 0.29) is 0 Å². The molecular weight excluding hydrogens is 360 g/mol. The smallest absolute Gasteiger partial charge is 0.191 e. The highest BCUT2D eigenvalue weighted by molar-refractivity contribution is 5.85. The summed E-state index contributed by atoms with van der Waals surface area (Å²) in [7, 11) is 0. The molecule has 150 valence electrons. The molecule has 29 heavy (non-hydrogen) atoms. The Labute approximate surface area is 172 Å². The van der Waals surface area contributed by atoms with E-state index in [0.29, 0.717) is 13.1 Å². The van der Waals surface area contributed by atoms with Gasteiger partial charge in [-0.05, 0) is 43.2 Å². The fourth-order valence-corrected chi connectivity index (χ4v) is 3.26. The molecule has 1 saturated carbocycles. The maximum absolute atomic E-state index is 6.01. The van der Waals surface area contributed by atoms with Crippen LogP contribution in [0.1, 0.15) is 31.0 Å². The number of benzene rings is 2. The maximum Gasteiger partial charge on any atom is 0.191 e. The number of hydrogen-bond acceptors (Lipinski definition) is 3. The van der Waals surface area contributed by atoms with E-state index in [4.69, 9.17) is 9.73 Å². The van der Waals surface area contributed by atoms with Gasteiger partial charge in [-0.15, -0.1) is 0 Å². The molecule has 0 aliphatic heterocycles. The summed E-state index contributed by atoms with van der Waals surface area (Å²) < 4.78 is 6.01. The minimum atomic E-state index is 0.569. The number of pyridine rings is 1. The molecule has 1 aliphatic rings. The van der Waals surface area contributed by atoms with Crippen molar-refractivity contribution in [3.05, 3.63) is 72.1 Å². The average molecular weight is 389 g/mol. The normalized spacial score (nSPS) is 14.0. The van der Waals surface area contributed by atoms with Gasteiger partial charge in [0.1, 0.15) is 5.75 Å².